The lowest BCUT2D eigenvalue weighted by molar-refractivity contribution is 0.102. The van der Waals surface area contributed by atoms with Crippen LogP contribution in [0, 0.1) is 6.92 Å². The highest BCUT2D eigenvalue weighted by Gasteiger charge is 2.16. The van der Waals surface area contributed by atoms with Crippen LogP contribution in [0.15, 0.2) is 36.5 Å². The number of anilines is 2. The van der Waals surface area contributed by atoms with Crippen molar-refractivity contribution in [1.82, 2.24) is 15.2 Å². The molecule has 4 rings (SSSR count). The molecule has 0 saturated carbocycles. The van der Waals surface area contributed by atoms with E-state index < -0.39 is 0 Å². The largest absolute Gasteiger partial charge is 0.378 e. The Morgan fingerprint density at radius 1 is 1.24 bits per heavy atom. The maximum absolute atomic E-state index is 12.5. The highest BCUT2D eigenvalue weighted by Crippen LogP contribution is 2.20. The molecule has 7 nitrogen and oxygen atoms in total. The fraction of sp³-hybridized carbons (Fsp3) is 0.278. The van der Waals surface area contributed by atoms with E-state index >= 15 is 0 Å². The Kier molecular flexibility index (Phi) is 4.07. The molecule has 3 heterocycles. The Morgan fingerprint density at radius 2 is 2.08 bits per heavy atom. The molecule has 1 aliphatic rings. The van der Waals surface area contributed by atoms with E-state index in [-0.39, 0.29) is 5.91 Å². The predicted octanol–water partition coefficient (Wildman–Crippen LogP) is 2.36. The lowest BCUT2D eigenvalue weighted by Crippen LogP contribution is -2.36. The number of nitrogens with zero attached hydrogens (tertiary/aromatic N) is 3. The van der Waals surface area contributed by atoms with Crippen LogP contribution in [0.1, 0.15) is 16.1 Å². The topological polar surface area (TPSA) is 83.1 Å². The molecule has 0 aliphatic carbocycles. The van der Waals surface area contributed by atoms with Crippen molar-refractivity contribution in [2.75, 3.05) is 36.5 Å². The van der Waals surface area contributed by atoms with E-state index in [9.17, 15) is 4.79 Å². The minimum Gasteiger partial charge on any atom is -0.378 e. The predicted molar refractivity (Wildman–Crippen MR) is 96.1 cm³/mol. The summed E-state index contributed by atoms with van der Waals surface area (Å²) in [6.45, 7) is 5.15. The zero-order chi connectivity index (χ0) is 17.2. The van der Waals surface area contributed by atoms with Crippen molar-refractivity contribution in [2.24, 2.45) is 0 Å². The number of rotatable bonds is 3. The summed E-state index contributed by atoms with van der Waals surface area (Å²) >= 11 is 0. The fourth-order valence-corrected chi connectivity index (χ4v) is 2.95. The molecule has 7 heteroatoms. The molecule has 1 fully saturated rings. The van der Waals surface area contributed by atoms with Crippen molar-refractivity contribution < 1.29 is 9.53 Å². The molecule has 2 N–H and O–H groups in total. The zero-order valence-corrected chi connectivity index (χ0v) is 14.0. The number of aromatic nitrogens is 3. The maximum Gasteiger partial charge on any atom is 0.277 e. The van der Waals surface area contributed by atoms with Gasteiger partial charge >= 0.3 is 0 Å². The van der Waals surface area contributed by atoms with E-state index in [0.717, 1.165) is 48.5 Å². The summed E-state index contributed by atoms with van der Waals surface area (Å²) in [5.41, 5.74) is 3.32. The van der Waals surface area contributed by atoms with Crippen LogP contribution in [0.2, 0.25) is 0 Å². The van der Waals surface area contributed by atoms with Gasteiger partial charge in [-0.05, 0) is 31.2 Å². The molecule has 0 spiro atoms. The number of H-pyrrole nitrogens is 1. The van der Waals surface area contributed by atoms with Crippen LogP contribution < -0.4 is 10.2 Å². The van der Waals surface area contributed by atoms with Crippen molar-refractivity contribution >= 4 is 28.3 Å². The average molecular weight is 337 g/mol. The number of ether oxygens (including phenoxy) is 1. The monoisotopic (exact) mass is 337 g/mol. The second kappa shape index (κ2) is 6.52. The number of benzene rings is 1. The Morgan fingerprint density at radius 3 is 2.84 bits per heavy atom. The van der Waals surface area contributed by atoms with Crippen LogP contribution in [0.3, 0.4) is 0 Å². The molecule has 0 radical (unpaired) electrons. The molecule has 2 aromatic heterocycles. The number of pyridine rings is 1. The number of hydrogen-bond acceptors (Lipinski definition) is 5. The second-order valence-electron chi connectivity index (χ2n) is 6.08. The highest BCUT2D eigenvalue weighted by atomic mass is 16.5. The lowest BCUT2D eigenvalue weighted by Gasteiger charge is -2.28. The summed E-state index contributed by atoms with van der Waals surface area (Å²) in [4.78, 5) is 19.1. The van der Waals surface area contributed by atoms with Crippen molar-refractivity contribution in [3.8, 4) is 0 Å². The van der Waals surface area contributed by atoms with Gasteiger partial charge in [0.25, 0.3) is 5.91 Å². The van der Waals surface area contributed by atoms with Crippen molar-refractivity contribution in [1.29, 1.82) is 0 Å². The molecular formula is C18H19N5O2. The molecule has 0 atom stereocenters. The molecular weight excluding hydrogens is 318 g/mol. The van der Waals surface area contributed by atoms with Gasteiger partial charge in [0.15, 0.2) is 5.69 Å². The number of aromatic amines is 1. The summed E-state index contributed by atoms with van der Waals surface area (Å²) in [5.74, 6) is 0.231. The van der Waals surface area contributed by atoms with E-state index in [2.05, 4.69) is 25.4 Å². The van der Waals surface area contributed by atoms with E-state index in [4.69, 9.17) is 4.74 Å². The Balaban J connectivity index is 1.51. The summed E-state index contributed by atoms with van der Waals surface area (Å²) in [7, 11) is 0. The van der Waals surface area contributed by atoms with E-state index in [1.54, 1.807) is 6.20 Å². The molecule has 128 valence electrons. The van der Waals surface area contributed by atoms with Crippen LogP contribution in [0.5, 0.6) is 0 Å². The highest BCUT2D eigenvalue weighted by molar-refractivity contribution is 6.10. The standard InChI is InChI=1S/C18H19N5O2/c1-12-2-4-15-14(10-12)17(22-21-15)18(24)20-16-5-3-13(11-19-16)23-6-8-25-9-7-23/h2-5,10-11H,6-9H2,1H3,(H,21,22)(H,19,20,24). The van der Waals surface area contributed by atoms with E-state index in [1.165, 1.54) is 0 Å². The maximum atomic E-state index is 12.5. The van der Waals surface area contributed by atoms with Gasteiger partial charge in [-0.2, -0.15) is 5.10 Å². The first kappa shape index (κ1) is 15.6. The van der Waals surface area contributed by atoms with Gasteiger partial charge in [-0.15, -0.1) is 0 Å². The van der Waals surface area contributed by atoms with E-state index in [1.807, 2.05) is 37.3 Å². The first-order chi connectivity index (χ1) is 12.2. The van der Waals surface area contributed by atoms with Gasteiger partial charge < -0.3 is 15.0 Å². The Labute approximate surface area is 145 Å². The van der Waals surface area contributed by atoms with Gasteiger partial charge in [-0.25, -0.2) is 4.98 Å². The number of amides is 1. The third kappa shape index (κ3) is 3.18. The molecule has 1 saturated heterocycles. The van der Waals surface area contributed by atoms with Crippen LogP contribution >= 0.6 is 0 Å². The summed E-state index contributed by atoms with van der Waals surface area (Å²) in [6.07, 6.45) is 1.77. The van der Waals surface area contributed by atoms with Gasteiger partial charge in [0.2, 0.25) is 0 Å². The average Bonchev–Trinajstić information content (AvgIpc) is 3.06. The number of nitrogens with one attached hydrogen (secondary N) is 2. The molecule has 0 bridgehead atoms. The van der Waals surface area contributed by atoms with Crippen LogP contribution in [0.25, 0.3) is 10.9 Å². The first-order valence-electron chi connectivity index (χ1n) is 8.25. The molecule has 1 amide bonds. The first-order valence-corrected chi connectivity index (χ1v) is 8.25. The van der Waals surface area contributed by atoms with Gasteiger partial charge in [-0.3, -0.25) is 9.89 Å². The SMILES string of the molecule is Cc1ccc2[nH]nc(C(=O)Nc3ccc(N4CCOCC4)cn3)c2c1. The minimum absolute atomic E-state index is 0.275. The fourth-order valence-electron chi connectivity index (χ4n) is 2.95. The summed E-state index contributed by atoms with van der Waals surface area (Å²) < 4.78 is 5.35. The third-order valence-electron chi connectivity index (χ3n) is 4.30. The minimum atomic E-state index is -0.275. The number of hydrogen-bond donors (Lipinski definition) is 2. The van der Waals surface area contributed by atoms with Gasteiger partial charge in [-0.1, -0.05) is 11.6 Å². The Hall–Kier alpha value is -2.93. The zero-order valence-electron chi connectivity index (χ0n) is 14.0. The number of carbonyl (C=O) groups excluding carboxylic acids is 1. The van der Waals surface area contributed by atoms with Gasteiger partial charge in [0.05, 0.1) is 30.6 Å². The van der Waals surface area contributed by atoms with Gasteiger partial charge in [0, 0.05) is 18.5 Å². The number of carbonyl (C=O) groups is 1. The molecule has 25 heavy (non-hydrogen) atoms. The normalized spacial score (nSPS) is 14.7. The van der Waals surface area contributed by atoms with Crippen LogP contribution in [-0.2, 0) is 4.74 Å². The second-order valence-corrected chi connectivity index (χ2v) is 6.08. The smallest absolute Gasteiger partial charge is 0.277 e. The van der Waals surface area contributed by atoms with Crippen LogP contribution in [-0.4, -0.2) is 47.4 Å². The van der Waals surface area contributed by atoms with Crippen LogP contribution in [0.4, 0.5) is 11.5 Å². The molecule has 1 aliphatic heterocycles. The molecule has 1 aromatic carbocycles. The summed E-state index contributed by atoms with van der Waals surface area (Å²) in [5, 5.41) is 10.6. The van der Waals surface area contributed by atoms with E-state index in [0.29, 0.717) is 11.5 Å². The lowest BCUT2D eigenvalue weighted by atomic mass is 10.1. The third-order valence-corrected chi connectivity index (χ3v) is 4.30. The quantitative estimate of drug-likeness (QED) is 0.766. The van der Waals surface area contributed by atoms with Crippen molar-refractivity contribution in [3.05, 3.63) is 47.8 Å². The molecule has 3 aromatic rings. The Bertz CT molecular complexity index is 897. The van der Waals surface area contributed by atoms with Crippen molar-refractivity contribution in [2.45, 2.75) is 6.92 Å². The number of aryl methyl sites for hydroxylation is 1. The molecule has 0 unspecified atom stereocenters. The number of fused-ring (bicyclic) bond motifs is 1. The van der Waals surface area contributed by atoms with Crippen molar-refractivity contribution in [3.63, 3.8) is 0 Å². The summed E-state index contributed by atoms with van der Waals surface area (Å²) in [6, 6.07) is 9.62. The number of morpholine rings is 1. The van der Waals surface area contributed by atoms with Gasteiger partial charge in [0.1, 0.15) is 5.82 Å².